The van der Waals surface area contributed by atoms with Crippen LogP contribution in [0.25, 0.3) is 0 Å². The van der Waals surface area contributed by atoms with E-state index in [4.69, 9.17) is 12.2 Å². The van der Waals surface area contributed by atoms with Gasteiger partial charge in [0.25, 0.3) is 0 Å². The van der Waals surface area contributed by atoms with Crippen LogP contribution in [-0.2, 0) is 0 Å². The molecule has 3 heteroatoms. The summed E-state index contributed by atoms with van der Waals surface area (Å²) in [6, 6.07) is 0.711. The second kappa shape index (κ2) is 2.97. The van der Waals surface area contributed by atoms with Gasteiger partial charge in [-0.15, -0.1) is 0 Å². The Labute approximate surface area is 73.0 Å². The third kappa shape index (κ3) is 1.83. The van der Waals surface area contributed by atoms with E-state index in [-0.39, 0.29) is 0 Å². The summed E-state index contributed by atoms with van der Waals surface area (Å²) in [5, 5.41) is 4.34. The van der Waals surface area contributed by atoms with Crippen molar-refractivity contribution in [3.8, 4) is 0 Å². The van der Waals surface area contributed by atoms with E-state index in [0.29, 0.717) is 6.04 Å². The highest BCUT2D eigenvalue weighted by atomic mass is 32.1. The Morgan fingerprint density at radius 3 is 2.45 bits per heavy atom. The molecule has 0 aromatic rings. The van der Waals surface area contributed by atoms with E-state index in [1.165, 1.54) is 38.8 Å². The molecule has 1 aliphatic heterocycles. The van der Waals surface area contributed by atoms with Crippen molar-refractivity contribution in [2.45, 2.75) is 31.7 Å². The molecule has 0 bridgehead atoms. The lowest BCUT2D eigenvalue weighted by Crippen LogP contribution is -2.38. The summed E-state index contributed by atoms with van der Waals surface area (Å²) in [6.45, 7) is 2.33. The van der Waals surface area contributed by atoms with E-state index < -0.39 is 0 Å². The number of thiocarbonyl (C=S) groups is 1. The van der Waals surface area contributed by atoms with Crippen LogP contribution >= 0.6 is 12.2 Å². The maximum Gasteiger partial charge on any atom is 0.169 e. The summed E-state index contributed by atoms with van der Waals surface area (Å²) < 4.78 is 0. The third-order valence-corrected chi connectivity index (χ3v) is 2.67. The van der Waals surface area contributed by atoms with E-state index in [1.54, 1.807) is 0 Å². The van der Waals surface area contributed by atoms with Crippen molar-refractivity contribution in [2.75, 3.05) is 13.1 Å². The normalized spacial score (nSPS) is 23.8. The topological polar surface area (TPSA) is 15.3 Å². The zero-order valence-electron chi connectivity index (χ0n) is 6.68. The lowest BCUT2D eigenvalue weighted by atomic mass is 10.4. The van der Waals surface area contributed by atoms with Crippen LogP contribution in [-0.4, -0.2) is 29.1 Å². The molecule has 0 unspecified atom stereocenters. The predicted molar refractivity (Wildman–Crippen MR) is 49.6 cm³/mol. The number of hydrogen-bond donors (Lipinski definition) is 1. The molecule has 2 nitrogen and oxygen atoms in total. The largest absolute Gasteiger partial charge is 0.360 e. The number of rotatable bonds is 1. The Morgan fingerprint density at radius 1 is 1.27 bits per heavy atom. The minimum Gasteiger partial charge on any atom is -0.360 e. The van der Waals surface area contributed by atoms with Gasteiger partial charge in [0.2, 0.25) is 0 Å². The van der Waals surface area contributed by atoms with Crippen molar-refractivity contribution in [1.29, 1.82) is 0 Å². The van der Waals surface area contributed by atoms with Crippen molar-refractivity contribution in [3.63, 3.8) is 0 Å². The third-order valence-electron chi connectivity index (χ3n) is 2.30. The smallest absolute Gasteiger partial charge is 0.169 e. The molecule has 0 amide bonds. The Kier molecular flexibility index (Phi) is 1.98. The van der Waals surface area contributed by atoms with Gasteiger partial charge < -0.3 is 10.2 Å². The zero-order chi connectivity index (χ0) is 7.68. The number of likely N-dealkylation sites (tertiary alicyclic amines) is 1. The van der Waals surface area contributed by atoms with Crippen molar-refractivity contribution in [2.24, 2.45) is 0 Å². The molecule has 1 aliphatic carbocycles. The molecule has 1 saturated heterocycles. The van der Waals surface area contributed by atoms with Gasteiger partial charge in [-0.3, -0.25) is 0 Å². The SMILES string of the molecule is S=C(NC1CC1)N1CCCC1. The Balaban J connectivity index is 1.77. The van der Waals surface area contributed by atoms with Crippen LogP contribution in [0.5, 0.6) is 0 Å². The van der Waals surface area contributed by atoms with Gasteiger partial charge in [0.1, 0.15) is 0 Å². The highest BCUT2D eigenvalue weighted by Gasteiger charge is 2.24. The quantitative estimate of drug-likeness (QED) is 0.594. The van der Waals surface area contributed by atoms with Gasteiger partial charge in [0.15, 0.2) is 5.11 Å². The summed E-state index contributed by atoms with van der Waals surface area (Å²) in [7, 11) is 0. The summed E-state index contributed by atoms with van der Waals surface area (Å²) in [5.41, 5.74) is 0. The molecule has 11 heavy (non-hydrogen) atoms. The highest BCUT2D eigenvalue weighted by Crippen LogP contribution is 2.19. The minimum atomic E-state index is 0.711. The average molecular weight is 170 g/mol. The predicted octanol–water partition coefficient (Wildman–Crippen LogP) is 1.12. The van der Waals surface area contributed by atoms with Crippen LogP contribution in [0, 0.1) is 0 Å². The van der Waals surface area contributed by atoms with Crippen LogP contribution in [0.1, 0.15) is 25.7 Å². The zero-order valence-corrected chi connectivity index (χ0v) is 7.49. The van der Waals surface area contributed by atoms with Gasteiger partial charge in [0.05, 0.1) is 0 Å². The van der Waals surface area contributed by atoms with E-state index in [2.05, 4.69) is 10.2 Å². The van der Waals surface area contributed by atoms with E-state index in [1.807, 2.05) is 0 Å². The van der Waals surface area contributed by atoms with Crippen LogP contribution in [0.3, 0.4) is 0 Å². The van der Waals surface area contributed by atoms with Gasteiger partial charge in [0, 0.05) is 19.1 Å². The van der Waals surface area contributed by atoms with Gasteiger partial charge in [-0.1, -0.05) is 0 Å². The number of nitrogens with zero attached hydrogens (tertiary/aromatic N) is 1. The highest BCUT2D eigenvalue weighted by molar-refractivity contribution is 7.80. The lowest BCUT2D eigenvalue weighted by molar-refractivity contribution is 0.506. The Morgan fingerprint density at radius 2 is 1.91 bits per heavy atom. The fourth-order valence-corrected chi connectivity index (χ4v) is 1.76. The lowest BCUT2D eigenvalue weighted by Gasteiger charge is -2.19. The van der Waals surface area contributed by atoms with Crippen LogP contribution in [0.2, 0.25) is 0 Å². The second-order valence-electron chi connectivity index (χ2n) is 3.42. The fourth-order valence-electron chi connectivity index (χ4n) is 1.41. The van der Waals surface area contributed by atoms with Crippen molar-refractivity contribution >= 4 is 17.3 Å². The fraction of sp³-hybridized carbons (Fsp3) is 0.875. The number of nitrogens with one attached hydrogen (secondary N) is 1. The van der Waals surface area contributed by atoms with Gasteiger partial charge in [-0.2, -0.15) is 0 Å². The first kappa shape index (κ1) is 7.35. The minimum absolute atomic E-state index is 0.711. The van der Waals surface area contributed by atoms with Crippen molar-refractivity contribution in [3.05, 3.63) is 0 Å². The monoisotopic (exact) mass is 170 g/mol. The van der Waals surface area contributed by atoms with Gasteiger partial charge in [-0.05, 0) is 37.9 Å². The molecule has 0 aromatic carbocycles. The van der Waals surface area contributed by atoms with E-state index in [9.17, 15) is 0 Å². The molecule has 1 N–H and O–H groups in total. The summed E-state index contributed by atoms with van der Waals surface area (Å²) >= 11 is 5.24. The first-order valence-corrected chi connectivity index (χ1v) is 4.82. The first-order valence-electron chi connectivity index (χ1n) is 4.42. The maximum absolute atomic E-state index is 5.24. The molecule has 2 rings (SSSR count). The second-order valence-corrected chi connectivity index (χ2v) is 3.80. The molecular weight excluding hydrogens is 156 g/mol. The molecule has 2 fully saturated rings. The summed E-state index contributed by atoms with van der Waals surface area (Å²) in [5.74, 6) is 0. The molecule has 1 heterocycles. The molecule has 0 atom stereocenters. The summed E-state index contributed by atoms with van der Waals surface area (Å²) in [6.07, 6.45) is 5.25. The standard InChI is InChI=1S/C8H14N2S/c11-8(9-7-3-4-7)10-5-1-2-6-10/h7H,1-6H2,(H,9,11). The molecule has 0 radical (unpaired) electrons. The maximum atomic E-state index is 5.24. The first-order chi connectivity index (χ1) is 5.36. The van der Waals surface area contributed by atoms with Crippen molar-refractivity contribution < 1.29 is 0 Å². The van der Waals surface area contributed by atoms with Crippen LogP contribution < -0.4 is 5.32 Å². The molecule has 0 aromatic heterocycles. The molecular formula is C8H14N2S. The average Bonchev–Trinajstić information content (AvgIpc) is 2.67. The molecule has 62 valence electrons. The molecule has 1 saturated carbocycles. The number of hydrogen-bond acceptors (Lipinski definition) is 1. The van der Waals surface area contributed by atoms with Crippen molar-refractivity contribution in [1.82, 2.24) is 10.2 Å². The van der Waals surface area contributed by atoms with Gasteiger partial charge >= 0.3 is 0 Å². The van der Waals surface area contributed by atoms with E-state index in [0.717, 1.165) is 5.11 Å². The summed E-state index contributed by atoms with van der Waals surface area (Å²) in [4.78, 5) is 2.29. The molecule has 0 spiro atoms. The van der Waals surface area contributed by atoms with E-state index >= 15 is 0 Å². The Hall–Kier alpha value is -0.310. The van der Waals surface area contributed by atoms with Crippen LogP contribution in [0.4, 0.5) is 0 Å². The van der Waals surface area contributed by atoms with Gasteiger partial charge in [-0.25, -0.2) is 0 Å². The molecule has 2 aliphatic rings. The van der Waals surface area contributed by atoms with Crippen LogP contribution in [0.15, 0.2) is 0 Å². The Bertz CT molecular complexity index is 159.